The fourth-order valence-electron chi connectivity index (χ4n) is 2.47. The van der Waals surface area contributed by atoms with Crippen LogP contribution >= 0.6 is 0 Å². The molecule has 0 aromatic heterocycles. The van der Waals surface area contributed by atoms with Crippen LogP contribution in [0.15, 0.2) is 24.3 Å². The highest BCUT2D eigenvalue weighted by molar-refractivity contribution is 6.34. The maximum atomic E-state index is 13.0. The third-order valence-electron chi connectivity index (χ3n) is 3.72. The van der Waals surface area contributed by atoms with Crippen molar-refractivity contribution in [2.75, 3.05) is 19.8 Å². The number of amides is 2. The summed E-state index contributed by atoms with van der Waals surface area (Å²) in [5.41, 5.74) is 5.50. The Hall–Kier alpha value is -1.95. The van der Waals surface area contributed by atoms with E-state index in [4.69, 9.17) is 10.5 Å². The normalized spacial score (nSPS) is 17.4. The highest BCUT2D eigenvalue weighted by atomic mass is 19.1. The standard InChI is InChI=1S/C14H17FN2O3/c15-11-3-1-10(2-4-11)14(5-7-20-8-6-14)9-17-13(19)12(16)18/h1-4H,5-9H2,(H2,16,18)(H,17,19). The van der Waals surface area contributed by atoms with Gasteiger partial charge in [-0.2, -0.15) is 0 Å². The summed E-state index contributed by atoms with van der Waals surface area (Å²) in [5.74, 6) is -2.12. The lowest BCUT2D eigenvalue weighted by Gasteiger charge is -2.37. The summed E-state index contributed by atoms with van der Waals surface area (Å²) in [5, 5.41) is 2.54. The van der Waals surface area contributed by atoms with Crippen molar-refractivity contribution in [1.82, 2.24) is 5.32 Å². The van der Waals surface area contributed by atoms with E-state index in [0.717, 1.165) is 5.56 Å². The van der Waals surface area contributed by atoms with Gasteiger partial charge in [0.25, 0.3) is 0 Å². The Kier molecular flexibility index (Phi) is 4.34. The van der Waals surface area contributed by atoms with Crippen LogP contribution in [-0.2, 0) is 19.7 Å². The van der Waals surface area contributed by atoms with Gasteiger partial charge in [-0.05, 0) is 30.5 Å². The van der Waals surface area contributed by atoms with Crippen LogP contribution in [0.25, 0.3) is 0 Å². The fraction of sp³-hybridized carbons (Fsp3) is 0.429. The molecule has 5 nitrogen and oxygen atoms in total. The van der Waals surface area contributed by atoms with Crippen LogP contribution in [-0.4, -0.2) is 31.6 Å². The molecule has 3 N–H and O–H groups in total. The van der Waals surface area contributed by atoms with Crippen LogP contribution in [0.2, 0.25) is 0 Å². The molecule has 0 aliphatic carbocycles. The smallest absolute Gasteiger partial charge is 0.309 e. The molecule has 2 rings (SSSR count). The number of nitrogens with two attached hydrogens (primary N) is 1. The van der Waals surface area contributed by atoms with Gasteiger partial charge in [0.15, 0.2) is 0 Å². The average molecular weight is 280 g/mol. The average Bonchev–Trinajstić information content (AvgIpc) is 2.46. The topological polar surface area (TPSA) is 81.4 Å². The van der Waals surface area contributed by atoms with E-state index >= 15 is 0 Å². The first-order valence-corrected chi connectivity index (χ1v) is 6.45. The van der Waals surface area contributed by atoms with Gasteiger partial charge >= 0.3 is 11.8 Å². The molecule has 6 heteroatoms. The highest BCUT2D eigenvalue weighted by Crippen LogP contribution is 2.34. The second kappa shape index (κ2) is 6.00. The lowest BCUT2D eigenvalue weighted by molar-refractivity contribution is -0.137. The van der Waals surface area contributed by atoms with Gasteiger partial charge in [0.1, 0.15) is 5.82 Å². The monoisotopic (exact) mass is 280 g/mol. The number of nitrogens with one attached hydrogen (secondary N) is 1. The van der Waals surface area contributed by atoms with Crippen molar-refractivity contribution < 1.29 is 18.7 Å². The Morgan fingerprint density at radius 2 is 1.85 bits per heavy atom. The number of rotatable bonds is 3. The van der Waals surface area contributed by atoms with E-state index in [1.807, 2.05) is 0 Å². The highest BCUT2D eigenvalue weighted by Gasteiger charge is 2.35. The van der Waals surface area contributed by atoms with Gasteiger partial charge in [-0.1, -0.05) is 12.1 Å². The number of hydrogen-bond acceptors (Lipinski definition) is 3. The SMILES string of the molecule is NC(=O)C(=O)NCC1(c2ccc(F)cc2)CCOCC1. The van der Waals surface area contributed by atoms with Crippen molar-refractivity contribution in [1.29, 1.82) is 0 Å². The van der Waals surface area contributed by atoms with Crippen LogP contribution in [0, 0.1) is 5.82 Å². The molecule has 20 heavy (non-hydrogen) atoms. The van der Waals surface area contributed by atoms with Crippen LogP contribution < -0.4 is 11.1 Å². The Morgan fingerprint density at radius 3 is 2.40 bits per heavy atom. The molecule has 1 aromatic rings. The lowest BCUT2D eigenvalue weighted by atomic mass is 9.74. The molecule has 1 heterocycles. The number of benzene rings is 1. The molecule has 1 aliphatic heterocycles. The molecular weight excluding hydrogens is 263 g/mol. The summed E-state index contributed by atoms with van der Waals surface area (Å²) < 4.78 is 18.4. The lowest BCUT2D eigenvalue weighted by Crippen LogP contribution is -2.47. The predicted octanol–water partition coefficient (Wildman–Crippen LogP) is 0.475. The van der Waals surface area contributed by atoms with Crippen LogP contribution in [0.1, 0.15) is 18.4 Å². The third kappa shape index (κ3) is 3.14. The number of carbonyl (C=O) groups is 2. The molecule has 1 aromatic carbocycles. The Morgan fingerprint density at radius 1 is 1.25 bits per heavy atom. The quantitative estimate of drug-likeness (QED) is 0.790. The predicted molar refractivity (Wildman–Crippen MR) is 70.3 cm³/mol. The summed E-state index contributed by atoms with van der Waals surface area (Å²) in [4.78, 5) is 22.1. The van der Waals surface area contributed by atoms with Gasteiger partial charge in [0, 0.05) is 25.2 Å². The minimum absolute atomic E-state index is 0.282. The number of halogens is 1. The first kappa shape index (κ1) is 14.5. The van der Waals surface area contributed by atoms with E-state index in [1.54, 1.807) is 12.1 Å². The van der Waals surface area contributed by atoms with Gasteiger partial charge in [0.05, 0.1) is 0 Å². The van der Waals surface area contributed by atoms with E-state index in [9.17, 15) is 14.0 Å². The van der Waals surface area contributed by atoms with Gasteiger partial charge in [0.2, 0.25) is 0 Å². The van der Waals surface area contributed by atoms with Crippen LogP contribution in [0.5, 0.6) is 0 Å². The second-order valence-electron chi connectivity index (χ2n) is 4.95. The minimum atomic E-state index is -1.01. The molecule has 1 fully saturated rings. The zero-order chi connectivity index (χ0) is 14.6. The van der Waals surface area contributed by atoms with E-state index < -0.39 is 11.8 Å². The maximum Gasteiger partial charge on any atom is 0.309 e. The number of hydrogen-bond donors (Lipinski definition) is 2. The number of primary amides is 1. The zero-order valence-electron chi connectivity index (χ0n) is 11.0. The Bertz CT molecular complexity index is 496. The molecule has 0 unspecified atom stereocenters. The summed E-state index contributed by atoms with van der Waals surface area (Å²) in [6.07, 6.45) is 1.38. The molecule has 0 radical (unpaired) electrons. The largest absolute Gasteiger partial charge is 0.381 e. The van der Waals surface area contributed by atoms with Gasteiger partial charge in [-0.25, -0.2) is 4.39 Å². The second-order valence-corrected chi connectivity index (χ2v) is 4.95. The molecule has 0 saturated carbocycles. The number of ether oxygens (including phenoxy) is 1. The maximum absolute atomic E-state index is 13.0. The van der Waals surface area contributed by atoms with Gasteiger partial charge in [-0.15, -0.1) is 0 Å². The molecule has 0 spiro atoms. The Balaban J connectivity index is 2.19. The van der Waals surface area contributed by atoms with E-state index in [1.165, 1.54) is 12.1 Å². The van der Waals surface area contributed by atoms with Gasteiger partial charge < -0.3 is 15.8 Å². The van der Waals surface area contributed by atoms with Gasteiger partial charge in [-0.3, -0.25) is 9.59 Å². The van der Waals surface area contributed by atoms with Crippen molar-refractivity contribution in [3.8, 4) is 0 Å². The first-order valence-electron chi connectivity index (χ1n) is 6.45. The first-order chi connectivity index (χ1) is 9.53. The molecule has 0 atom stereocenters. The molecule has 108 valence electrons. The van der Waals surface area contributed by atoms with Crippen molar-refractivity contribution in [2.24, 2.45) is 5.73 Å². The summed E-state index contributed by atoms with van der Waals surface area (Å²) >= 11 is 0. The molecule has 1 aliphatic rings. The molecule has 2 amide bonds. The summed E-state index contributed by atoms with van der Waals surface area (Å²) in [6, 6.07) is 6.19. The van der Waals surface area contributed by atoms with Crippen molar-refractivity contribution in [3.63, 3.8) is 0 Å². The van der Waals surface area contributed by atoms with Crippen LogP contribution in [0.4, 0.5) is 4.39 Å². The molecule has 0 bridgehead atoms. The Labute approximate surface area is 116 Å². The van der Waals surface area contributed by atoms with E-state index in [-0.39, 0.29) is 17.8 Å². The zero-order valence-corrected chi connectivity index (χ0v) is 11.0. The van der Waals surface area contributed by atoms with E-state index in [2.05, 4.69) is 5.32 Å². The minimum Gasteiger partial charge on any atom is -0.381 e. The molecule has 1 saturated heterocycles. The van der Waals surface area contributed by atoms with E-state index in [0.29, 0.717) is 26.1 Å². The molecular formula is C14H17FN2O3. The third-order valence-corrected chi connectivity index (χ3v) is 3.72. The summed E-state index contributed by atoms with van der Waals surface area (Å²) in [6.45, 7) is 1.40. The van der Waals surface area contributed by atoms with Crippen LogP contribution in [0.3, 0.4) is 0 Å². The number of carbonyl (C=O) groups excluding carboxylic acids is 2. The van der Waals surface area contributed by atoms with Crippen molar-refractivity contribution >= 4 is 11.8 Å². The van der Waals surface area contributed by atoms with Crippen molar-refractivity contribution in [2.45, 2.75) is 18.3 Å². The van der Waals surface area contributed by atoms with Crippen molar-refractivity contribution in [3.05, 3.63) is 35.6 Å². The summed E-state index contributed by atoms with van der Waals surface area (Å²) in [7, 11) is 0. The fourth-order valence-corrected chi connectivity index (χ4v) is 2.47.